The summed E-state index contributed by atoms with van der Waals surface area (Å²) in [6, 6.07) is -1.33. The van der Waals surface area contributed by atoms with Crippen LogP contribution in [0.5, 0.6) is 0 Å². The monoisotopic (exact) mass is 149 g/mol. The topological polar surface area (TPSA) is 26.0 Å². The van der Waals surface area contributed by atoms with Crippen LogP contribution in [0.3, 0.4) is 0 Å². The first-order valence-electron chi connectivity index (χ1n) is 2.75. The van der Waals surface area contributed by atoms with Crippen LogP contribution in [0.4, 0.5) is 13.2 Å². The maximum Gasteiger partial charge on any atom is 0.143 e. The Morgan fingerprint density at radius 2 is 2.00 bits per heavy atom. The molecular weight excluding hydrogens is 143 g/mol. The van der Waals surface area contributed by atoms with Gasteiger partial charge in [0.25, 0.3) is 0 Å². The molecule has 1 aliphatic carbocycles. The van der Waals surface area contributed by atoms with Gasteiger partial charge in [-0.2, -0.15) is 0 Å². The molecule has 1 rings (SSSR count). The zero-order chi connectivity index (χ0) is 7.72. The molecule has 2 unspecified atom stereocenters. The summed E-state index contributed by atoms with van der Waals surface area (Å²) in [5, 5.41) is 0. The van der Waals surface area contributed by atoms with Gasteiger partial charge in [0.15, 0.2) is 0 Å². The first kappa shape index (κ1) is 7.34. The fraction of sp³-hybridized carbons (Fsp3) is 0.333. The molecule has 10 heavy (non-hydrogen) atoms. The van der Waals surface area contributed by atoms with Crippen LogP contribution in [-0.4, -0.2) is 12.2 Å². The summed E-state index contributed by atoms with van der Waals surface area (Å²) in [7, 11) is 0. The highest BCUT2D eigenvalue weighted by molar-refractivity contribution is 5.26. The Hall–Kier alpha value is -0.770. The fourth-order valence-corrected chi connectivity index (χ4v) is 0.684. The van der Waals surface area contributed by atoms with Gasteiger partial charge >= 0.3 is 0 Å². The molecule has 0 radical (unpaired) electrons. The average Bonchev–Trinajstić information content (AvgIpc) is 1.82. The maximum absolute atomic E-state index is 12.4. The largest absolute Gasteiger partial charge is 0.319 e. The molecule has 0 heterocycles. The summed E-state index contributed by atoms with van der Waals surface area (Å²) >= 11 is 0. The summed E-state index contributed by atoms with van der Waals surface area (Å²) in [5.41, 5.74) is 4.95. The molecule has 1 aliphatic rings. The summed E-state index contributed by atoms with van der Waals surface area (Å²) in [6.07, 6.45) is -0.515. The van der Waals surface area contributed by atoms with Gasteiger partial charge in [0.1, 0.15) is 17.8 Å². The van der Waals surface area contributed by atoms with E-state index in [2.05, 4.69) is 0 Å². The molecule has 0 saturated carbocycles. The van der Waals surface area contributed by atoms with Crippen molar-refractivity contribution in [1.29, 1.82) is 0 Å². The molecule has 0 saturated heterocycles. The van der Waals surface area contributed by atoms with Gasteiger partial charge in [0, 0.05) is 6.08 Å². The lowest BCUT2D eigenvalue weighted by molar-refractivity contribution is 0.323. The van der Waals surface area contributed by atoms with E-state index in [1.807, 2.05) is 0 Å². The smallest absolute Gasteiger partial charge is 0.143 e. The lowest BCUT2D eigenvalue weighted by Gasteiger charge is -2.14. The number of halogens is 3. The highest BCUT2D eigenvalue weighted by Gasteiger charge is 2.23. The van der Waals surface area contributed by atoms with Crippen molar-refractivity contribution < 1.29 is 13.2 Å². The van der Waals surface area contributed by atoms with Gasteiger partial charge in [-0.3, -0.25) is 0 Å². The third-order valence-electron chi connectivity index (χ3n) is 1.26. The molecule has 56 valence electrons. The third-order valence-corrected chi connectivity index (χ3v) is 1.26. The molecular formula is C6H6F3N. The molecule has 2 N–H and O–H groups in total. The van der Waals surface area contributed by atoms with E-state index in [-0.39, 0.29) is 0 Å². The van der Waals surface area contributed by atoms with Gasteiger partial charge in [-0.1, -0.05) is 0 Å². The second kappa shape index (κ2) is 2.46. The second-order valence-corrected chi connectivity index (χ2v) is 2.05. The van der Waals surface area contributed by atoms with Crippen LogP contribution in [0, 0.1) is 0 Å². The highest BCUT2D eigenvalue weighted by atomic mass is 19.2. The molecule has 2 atom stereocenters. The van der Waals surface area contributed by atoms with Gasteiger partial charge in [-0.05, 0) is 6.08 Å². The zero-order valence-corrected chi connectivity index (χ0v) is 5.02. The molecule has 0 fully saturated rings. The Morgan fingerprint density at radius 3 is 2.50 bits per heavy atom. The van der Waals surface area contributed by atoms with Crippen molar-refractivity contribution in [3.63, 3.8) is 0 Å². The van der Waals surface area contributed by atoms with Crippen molar-refractivity contribution in [2.24, 2.45) is 5.73 Å². The first-order valence-corrected chi connectivity index (χ1v) is 2.75. The minimum atomic E-state index is -1.75. The third kappa shape index (κ3) is 1.21. The Balaban J connectivity index is 2.85. The number of nitrogens with two attached hydrogens (primary N) is 1. The van der Waals surface area contributed by atoms with E-state index in [1.54, 1.807) is 0 Å². The van der Waals surface area contributed by atoms with Gasteiger partial charge in [0.2, 0.25) is 0 Å². The summed E-state index contributed by atoms with van der Waals surface area (Å²) in [6.45, 7) is 0. The van der Waals surface area contributed by atoms with E-state index in [4.69, 9.17) is 5.73 Å². The molecule has 0 aromatic rings. The van der Waals surface area contributed by atoms with Crippen LogP contribution in [-0.2, 0) is 0 Å². The van der Waals surface area contributed by atoms with E-state index >= 15 is 0 Å². The van der Waals surface area contributed by atoms with Crippen LogP contribution in [0.15, 0.2) is 23.8 Å². The first-order chi connectivity index (χ1) is 4.61. The van der Waals surface area contributed by atoms with E-state index in [0.29, 0.717) is 12.2 Å². The molecule has 0 bridgehead atoms. The quantitative estimate of drug-likeness (QED) is 0.553. The number of hydrogen-bond acceptors (Lipinski definition) is 1. The number of alkyl halides is 1. The number of hydrogen-bond donors (Lipinski definition) is 1. The van der Waals surface area contributed by atoms with Gasteiger partial charge in [0.05, 0.1) is 6.04 Å². The van der Waals surface area contributed by atoms with E-state index in [9.17, 15) is 13.2 Å². The number of allylic oxidation sites excluding steroid dienone is 2. The van der Waals surface area contributed by atoms with Crippen LogP contribution in [0.2, 0.25) is 0 Å². The summed E-state index contributed by atoms with van der Waals surface area (Å²) < 4.78 is 36.8. The van der Waals surface area contributed by atoms with Crippen LogP contribution < -0.4 is 5.73 Å². The summed E-state index contributed by atoms with van der Waals surface area (Å²) in [5.74, 6) is -1.86. The Bertz CT molecular complexity index is 197. The van der Waals surface area contributed by atoms with Crippen LogP contribution in [0.25, 0.3) is 0 Å². The van der Waals surface area contributed by atoms with Gasteiger partial charge < -0.3 is 5.73 Å². The molecule has 0 aromatic heterocycles. The Morgan fingerprint density at radius 1 is 1.40 bits per heavy atom. The Kier molecular flexibility index (Phi) is 1.80. The molecule has 0 aromatic carbocycles. The standard InChI is InChI=1S/C6H6F3N/c7-3-1-4(8)6(10)5(9)2-3/h1-2,4,6H,10H2. The molecule has 4 heteroatoms. The minimum absolute atomic E-state index is 0.584. The predicted octanol–water partition coefficient (Wildman–Crippen LogP) is 1.37. The molecule has 0 aliphatic heterocycles. The van der Waals surface area contributed by atoms with E-state index in [0.717, 1.165) is 0 Å². The normalized spacial score (nSPS) is 33.2. The van der Waals surface area contributed by atoms with Gasteiger partial charge in [-0.15, -0.1) is 0 Å². The minimum Gasteiger partial charge on any atom is -0.319 e. The fourth-order valence-electron chi connectivity index (χ4n) is 0.684. The van der Waals surface area contributed by atoms with Gasteiger partial charge in [-0.25, -0.2) is 13.2 Å². The number of rotatable bonds is 0. The van der Waals surface area contributed by atoms with E-state index in [1.165, 1.54) is 0 Å². The second-order valence-electron chi connectivity index (χ2n) is 2.05. The average molecular weight is 149 g/mol. The van der Waals surface area contributed by atoms with Crippen LogP contribution >= 0.6 is 0 Å². The Labute approximate surface area is 56.0 Å². The van der Waals surface area contributed by atoms with E-state index < -0.39 is 23.9 Å². The molecule has 1 nitrogen and oxygen atoms in total. The lowest BCUT2D eigenvalue weighted by Crippen LogP contribution is -2.32. The van der Waals surface area contributed by atoms with Crippen molar-refractivity contribution in [3.8, 4) is 0 Å². The molecule has 0 amide bonds. The predicted molar refractivity (Wildman–Crippen MR) is 31.3 cm³/mol. The zero-order valence-electron chi connectivity index (χ0n) is 5.02. The van der Waals surface area contributed by atoms with Crippen molar-refractivity contribution >= 4 is 0 Å². The lowest BCUT2D eigenvalue weighted by atomic mass is 10.1. The SMILES string of the molecule is NC1C(F)=CC(F)=CC1F. The van der Waals surface area contributed by atoms with Crippen molar-refractivity contribution in [2.45, 2.75) is 12.2 Å². The maximum atomic E-state index is 12.4. The van der Waals surface area contributed by atoms with Crippen LogP contribution in [0.1, 0.15) is 0 Å². The van der Waals surface area contributed by atoms with Crippen molar-refractivity contribution in [3.05, 3.63) is 23.8 Å². The van der Waals surface area contributed by atoms with Crippen molar-refractivity contribution in [2.75, 3.05) is 0 Å². The molecule has 0 spiro atoms. The summed E-state index contributed by atoms with van der Waals surface area (Å²) in [4.78, 5) is 0. The highest BCUT2D eigenvalue weighted by Crippen LogP contribution is 2.20. The van der Waals surface area contributed by atoms with Crippen molar-refractivity contribution in [1.82, 2.24) is 0 Å².